The summed E-state index contributed by atoms with van der Waals surface area (Å²) in [4.78, 5) is 27.6. The fourth-order valence-electron chi connectivity index (χ4n) is 3.94. The maximum Gasteiger partial charge on any atom is 0.295 e. The van der Waals surface area contributed by atoms with Crippen molar-refractivity contribution in [2.24, 2.45) is 0 Å². The average Bonchev–Trinajstić information content (AvgIpc) is 3.01. The lowest BCUT2D eigenvalue weighted by molar-refractivity contribution is -0.139. The normalized spacial score (nSPS) is 18.5. The number of benzene rings is 2. The van der Waals surface area contributed by atoms with E-state index in [4.69, 9.17) is 4.74 Å². The number of unbranched alkanes of at least 4 members (excludes halogenated alkanes) is 1. The second-order valence-electron chi connectivity index (χ2n) is 8.92. The number of nitrogens with zero attached hydrogens (tertiary/aromatic N) is 1. The highest BCUT2D eigenvalue weighted by Crippen LogP contribution is 2.41. The number of carbonyl (C=O) groups excluding carboxylic acids is 2. The lowest BCUT2D eigenvalue weighted by Gasteiger charge is -2.26. The van der Waals surface area contributed by atoms with Gasteiger partial charge in [0.1, 0.15) is 11.5 Å². The van der Waals surface area contributed by atoms with E-state index < -0.39 is 17.7 Å². The van der Waals surface area contributed by atoms with E-state index in [2.05, 4.69) is 20.8 Å². The second kappa shape index (κ2) is 8.96. The van der Waals surface area contributed by atoms with E-state index in [0.29, 0.717) is 17.9 Å². The molecule has 5 heteroatoms. The topological polar surface area (TPSA) is 66.8 Å². The Morgan fingerprint density at radius 1 is 1.06 bits per heavy atom. The highest BCUT2D eigenvalue weighted by Gasteiger charge is 2.46. The first kappa shape index (κ1) is 22.6. The molecule has 1 heterocycles. The molecule has 1 N–H and O–H groups in total. The number of aliphatic hydroxyl groups is 1. The fourth-order valence-corrected chi connectivity index (χ4v) is 3.94. The van der Waals surface area contributed by atoms with E-state index in [1.54, 1.807) is 29.2 Å². The molecule has 1 saturated heterocycles. The van der Waals surface area contributed by atoms with Gasteiger partial charge < -0.3 is 14.7 Å². The van der Waals surface area contributed by atoms with Gasteiger partial charge >= 0.3 is 0 Å². The molecule has 1 aliphatic heterocycles. The molecule has 31 heavy (non-hydrogen) atoms. The number of para-hydroxylation sites is 1. The van der Waals surface area contributed by atoms with Crippen molar-refractivity contribution in [2.75, 3.05) is 13.7 Å². The quantitative estimate of drug-likeness (QED) is 0.395. The Balaban J connectivity index is 2.18. The van der Waals surface area contributed by atoms with Gasteiger partial charge in [-0.2, -0.15) is 0 Å². The third kappa shape index (κ3) is 4.36. The third-order valence-electron chi connectivity index (χ3n) is 5.75. The Hall–Kier alpha value is -3.08. The second-order valence-corrected chi connectivity index (χ2v) is 8.92. The predicted octanol–water partition coefficient (Wildman–Crippen LogP) is 5.21. The lowest BCUT2D eigenvalue weighted by Crippen LogP contribution is -2.30. The number of amides is 1. The van der Waals surface area contributed by atoms with Crippen LogP contribution in [0, 0.1) is 0 Å². The van der Waals surface area contributed by atoms with Gasteiger partial charge in [-0.1, -0.05) is 70.5 Å². The van der Waals surface area contributed by atoms with Crippen LogP contribution >= 0.6 is 0 Å². The zero-order valence-corrected chi connectivity index (χ0v) is 18.9. The summed E-state index contributed by atoms with van der Waals surface area (Å²) in [5, 5.41) is 11.2. The Morgan fingerprint density at radius 2 is 1.71 bits per heavy atom. The molecular formula is C26H31NO4. The largest absolute Gasteiger partial charge is 0.507 e. The smallest absolute Gasteiger partial charge is 0.295 e. The molecule has 164 valence electrons. The number of ether oxygens (including phenoxy) is 1. The number of likely N-dealkylation sites (tertiary alicyclic amines) is 1. The molecule has 1 amide bonds. The van der Waals surface area contributed by atoms with Crippen LogP contribution < -0.4 is 4.74 Å². The summed E-state index contributed by atoms with van der Waals surface area (Å²) in [5.74, 6) is -1.000. The Labute approximate surface area is 184 Å². The van der Waals surface area contributed by atoms with Gasteiger partial charge in [-0.05, 0) is 35.1 Å². The van der Waals surface area contributed by atoms with Crippen molar-refractivity contribution < 1.29 is 19.4 Å². The van der Waals surface area contributed by atoms with Crippen LogP contribution in [0.2, 0.25) is 0 Å². The molecule has 1 aliphatic rings. The van der Waals surface area contributed by atoms with Crippen LogP contribution in [0.3, 0.4) is 0 Å². The van der Waals surface area contributed by atoms with E-state index >= 15 is 0 Å². The standard InChI is InChI=1S/C26H31NO4/c1-6-7-16-27-22(17-12-14-18(15-13-17)26(2,3)4)21(24(29)25(27)30)23(28)19-10-8-9-11-20(19)31-5/h8-15,22,28H,6-7,16H2,1-5H3/b23-21-. The minimum absolute atomic E-state index is 0.0139. The number of Topliss-reactive ketones (excluding diaryl/α,β-unsaturated/α-hetero) is 1. The van der Waals surface area contributed by atoms with Gasteiger partial charge in [0.15, 0.2) is 0 Å². The van der Waals surface area contributed by atoms with Crippen LogP contribution in [0.4, 0.5) is 0 Å². The summed E-state index contributed by atoms with van der Waals surface area (Å²) < 4.78 is 5.37. The van der Waals surface area contributed by atoms with Gasteiger partial charge in [0.05, 0.1) is 24.3 Å². The van der Waals surface area contributed by atoms with Crippen molar-refractivity contribution in [3.05, 3.63) is 70.8 Å². The SMILES string of the molecule is CCCCN1C(=O)C(=O)/C(=C(\O)c2ccccc2OC)C1c1ccc(C(C)(C)C)cc1. The number of aliphatic hydroxyl groups excluding tert-OH is 1. The first-order chi connectivity index (χ1) is 14.7. The van der Waals surface area contributed by atoms with E-state index in [9.17, 15) is 14.7 Å². The molecule has 1 atom stereocenters. The molecule has 2 aromatic rings. The molecule has 0 bridgehead atoms. The third-order valence-corrected chi connectivity index (χ3v) is 5.75. The minimum atomic E-state index is -0.663. The Bertz CT molecular complexity index is 999. The fraction of sp³-hybridized carbons (Fsp3) is 0.385. The molecular weight excluding hydrogens is 390 g/mol. The van der Waals surface area contributed by atoms with E-state index in [1.165, 1.54) is 7.11 Å². The van der Waals surface area contributed by atoms with Gasteiger partial charge in [0.2, 0.25) is 0 Å². The number of ketones is 1. The Kier molecular flexibility index (Phi) is 6.54. The molecule has 3 rings (SSSR count). The van der Waals surface area contributed by atoms with Crippen molar-refractivity contribution in [1.29, 1.82) is 0 Å². The maximum atomic E-state index is 13.1. The van der Waals surface area contributed by atoms with Crippen LogP contribution in [0.15, 0.2) is 54.1 Å². The van der Waals surface area contributed by atoms with Crippen LogP contribution in [0.1, 0.15) is 63.3 Å². The summed E-state index contributed by atoms with van der Waals surface area (Å²) in [5.41, 5.74) is 2.45. The summed E-state index contributed by atoms with van der Waals surface area (Å²) >= 11 is 0. The molecule has 1 fully saturated rings. The highest BCUT2D eigenvalue weighted by atomic mass is 16.5. The molecule has 0 radical (unpaired) electrons. The molecule has 1 unspecified atom stereocenters. The zero-order valence-electron chi connectivity index (χ0n) is 18.9. The maximum absolute atomic E-state index is 13.1. The van der Waals surface area contributed by atoms with E-state index in [-0.39, 0.29) is 16.7 Å². The summed E-state index contributed by atoms with van der Waals surface area (Å²) in [6.45, 7) is 8.90. The summed E-state index contributed by atoms with van der Waals surface area (Å²) in [7, 11) is 1.51. The summed E-state index contributed by atoms with van der Waals surface area (Å²) in [6.07, 6.45) is 1.67. The molecule has 0 aliphatic carbocycles. The first-order valence-corrected chi connectivity index (χ1v) is 10.7. The number of rotatable bonds is 6. The van der Waals surface area contributed by atoms with Gasteiger partial charge in [-0.3, -0.25) is 9.59 Å². The van der Waals surface area contributed by atoms with Crippen LogP contribution in [0.25, 0.3) is 5.76 Å². The van der Waals surface area contributed by atoms with Crippen molar-refractivity contribution in [3.8, 4) is 5.75 Å². The van der Waals surface area contributed by atoms with Crippen LogP contribution in [0.5, 0.6) is 5.75 Å². The average molecular weight is 422 g/mol. The van der Waals surface area contributed by atoms with Gasteiger partial charge in [-0.25, -0.2) is 0 Å². The van der Waals surface area contributed by atoms with E-state index in [0.717, 1.165) is 24.0 Å². The molecule has 0 spiro atoms. The van der Waals surface area contributed by atoms with Gasteiger partial charge in [0.25, 0.3) is 11.7 Å². The number of hydrogen-bond acceptors (Lipinski definition) is 4. The predicted molar refractivity (Wildman–Crippen MR) is 122 cm³/mol. The van der Waals surface area contributed by atoms with Gasteiger partial charge in [0, 0.05) is 6.54 Å². The van der Waals surface area contributed by atoms with E-state index in [1.807, 2.05) is 31.2 Å². The molecule has 0 aromatic heterocycles. The van der Waals surface area contributed by atoms with Crippen molar-refractivity contribution in [3.63, 3.8) is 0 Å². The van der Waals surface area contributed by atoms with Gasteiger partial charge in [-0.15, -0.1) is 0 Å². The molecule has 5 nitrogen and oxygen atoms in total. The van der Waals surface area contributed by atoms with Crippen molar-refractivity contribution in [2.45, 2.75) is 52.0 Å². The van der Waals surface area contributed by atoms with Crippen molar-refractivity contribution in [1.82, 2.24) is 4.90 Å². The molecule has 0 saturated carbocycles. The Morgan fingerprint density at radius 3 is 2.29 bits per heavy atom. The monoisotopic (exact) mass is 421 g/mol. The zero-order chi connectivity index (χ0) is 22.8. The van der Waals surface area contributed by atoms with Crippen molar-refractivity contribution >= 4 is 17.4 Å². The lowest BCUT2D eigenvalue weighted by atomic mass is 9.85. The van der Waals surface area contributed by atoms with Crippen LogP contribution in [-0.4, -0.2) is 35.4 Å². The van der Waals surface area contributed by atoms with Crippen LogP contribution in [-0.2, 0) is 15.0 Å². The molecule has 2 aromatic carbocycles. The number of hydrogen-bond donors (Lipinski definition) is 1. The first-order valence-electron chi connectivity index (χ1n) is 10.7. The number of methoxy groups -OCH3 is 1. The minimum Gasteiger partial charge on any atom is -0.507 e. The highest BCUT2D eigenvalue weighted by molar-refractivity contribution is 6.46. The number of carbonyl (C=O) groups is 2. The summed E-state index contributed by atoms with van der Waals surface area (Å²) in [6, 6.07) is 14.3.